The van der Waals surface area contributed by atoms with Crippen molar-refractivity contribution in [1.29, 1.82) is 0 Å². The summed E-state index contributed by atoms with van der Waals surface area (Å²) in [5, 5.41) is 2.47. The van der Waals surface area contributed by atoms with Gasteiger partial charge in [0.2, 0.25) is 0 Å². The number of anilines is 2. The summed E-state index contributed by atoms with van der Waals surface area (Å²) >= 11 is 0. The fraction of sp³-hybridized carbons (Fsp3) is 0.588. The Morgan fingerprint density at radius 1 is 1.12 bits per heavy atom. The summed E-state index contributed by atoms with van der Waals surface area (Å²) in [5.41, 5.74) is -0.805. The van der Waals surface area contributed by atoms with Gasteiger partial charge in [-0.1, -0.05) is 0 Å². The lowest BCUT2D eigenvalue weighted by Crippen LogP contribution is -2.32. The Labute approximate surface area is 140 Å². The highest BCUT2D eigenvalue weighted by Crippen LogP contribution is 2.36. The minimum atomic E-state index is -4.47. The van der Waals surface area contributed by atoms with E-state index in [1.165, 1.54) is 6.07 Å². The summed E-state index contributed by atoms with van der Waals surface area (Å²) in [6.45, 7) is 6.61. The quantitative estimate of drug-likeness (QED) is 0.817. The molecule has 1 aliphatic heterocycles. The lowest BCUT2D eigenvalue weighted by Gasteiger charge is -2.31. The zero-order valence-electron chi connectivity index (χ0n) is 14.2. The van der Waals surface area contributed by atoms with Gasteiger partial charge in [0.15, 0.2) is 0 Å². The Morgan fingerprint density at radius 2 is 1.75 bits per heavy atom. The third-order valence-corrected chi connectivity index (χ3v) is 3.66. The van der Waals surface area contributed by atoms with Crippen molar-refractivity contribution in [3.8, 4) is 0 Å². The molecule has 0 aliphatic carbocycles. The fourth-order valence-corrected chi connectivity index (χ4v) is 2.64. The average Bonchev–Trinajstić information content (AvgIpc) is 2.45. The molecule has 1 aliphatic rings. The number of nitrogens with zero attached hydrogens (tertiary/aromatic N) is 1. The van der Waals surface area contributed by atoms with E-state index in [9.17, 15) is 18.0 Å². The number of carbonyl (C=O) groups is 1. The fourth-order valence-electron chi connectivity index (χ4n) is 2.64. The van der Waals surface area contributed by atoms with Crippen LogP contribution in [0.1, 0.15) is 45.6 Å². The van der Waals surface area contributed by atoms with Crippen LogP contribution in [0.4, 0.5) is 29.3 Å². The highest BCUT2D eigenvalue weighted by Gasteiger charge is 2.32. The van der Waals surface area contributed by atoms with Crippen molar-refractivity contribution in [2.45, 2.75) is 51.8 Å². The molecule has 0 bridgehead atoms. The normalized spacial score (nSPS) is 16.0. The standard InChI is InChI=1S/C17H23F3N2O2/c1-16(2,3)24-15(23)21-13-11-12(17(18,19)20)7-8-14(13)22-9-5-4-6-10-22/h7-8,11H,4-6,9-10H2,1-3H3,(H,21,23). The van der Waals surface area contributed by atoms with Crippen LogP contribution in [-0.2, 0) is 10.9 Å². The van der Waals surface area contributed by atoms with E-state index in [0.717, 1.165) is 44.5 Å². The summed E-state index contributed by atoms with van der Waals surface area (Å²) in [4.78, 5) is 14.0. The molecule has 0 spiro atoms. The number of halogens is 3. The molecule has 1 aromatic rings. The second-order valence-electron chi connectivity index (χ2n) is 6.90. The summed E-state index contributed by atoms with van der Waals surface area (Å²) in [6, 6.07) is 3.43. The predicted molar refractivity (Wildman–Crippen MR) is 87.4 cm³/mol. The number of piperidine rings is 1. The van der Waals surface area contributed by atoms with E-state index in [4.69, 9.17) is 4.74 Å². The van der Waals surface area contributed by atoms with Gasteiger partial charge in [-0.3, -0.25) is 5.32 Å². The van der Waals surface area contributed by atoms with Gasteiger partial charge in [-0.2, -0.15) is 13.2 Å². The number of ether oxygens (including phenoxy) is 1. The Bertz CT molecular complexity index is 588. The zero-order chi connectivity index (χ0) is 18.0. The third kappa shape index (κ3) is 5.04. The first-order chi connectivity index (χ1) is 11.1. The van der Waals surface area contributed by atoms with Crippen LogP contribution in [0.15, 0.2) is 18.2 Å². The minimum absolute atomic E-state index is 0.126. The van der Waals surface area contributed by atoms with Crippen LogP contribution in [0, 0.1) is 0 Å². The van der Waals surface area contributed by atoms with Crippen molar-refractivity contribution in [3.05, 3.63) is 23.8 Å². The average molecular weight is 344 g/mol. The number of amides is 1. The Kier molecular flexibility index (Phi) is 5.30. The first-order valence-electron chi connectivity index (χ1n) is 8.02. The topological polar surface area (TPSA) is 41.6 Å². The van der Waals surface area contributed by atoms with Gasteiger partial charge >= 0.3 is 12.3 Å². The Morgan fingerprint density at radius 3 is 2.29 bits per heavy atom. The first kappa shape index (κ1) is 18.4. The zero-order valence-corrected chi connectivity index (χ0v) is 14.2. The van der Waals surface area contributed by atoms with Crippen LogP contribution >= 0.6 is 0 Å². The van der Waals surface area contributed by atoms with Crippen LogP contribution in [0.25, 0.3) is 0 Å². The van der Waals surface area contributed by atoms with Gasteiger partial charge in [-0.15, -0.1) is 0 Å². The van der Waals surface area contributed by atoms with Crippen LogP contribution in [-0.4, -0.2) is 24.8 Å². The Balaban J connectivity index is 2.30. The third-order valence-electron chi connectivity index (χ3n) is 3.66. The van der Waals surface area contributed by atoms with Gasteiger partial charge in [-0.25, -0.2) is 4.79 Å². The molecule has 1 heterocycles. The van der Waals surface area contributed by atoms with E-state index in [1.807, 2.05) is 4.90 Å². The molecule has 0 radical (unpaired) electrons. The van der Waals surface area contributed by atoms with E-state index in [0.29, 0.717) is 5.69 Å². The number of benzene rings is 1. The second-order valence-corrected chi connectivity index (χ2v) is 6.90. The predicted octanol–water partition coefficient (Wildman–Crippen LogP) is 5.04. The maximum atomic E-state index is 13.0. The van der Waals surface area contributed by atoms with Gasteiger partial charge in [0.25, 0.3) is 0 Å². The lowest BCUT2D eigenvalue weighted by atomic mass is 10.1. The van der Waals surface area contributed by atoms with Gasteiger partial charge in [-0.05, 0) is 58.2 Å². The summed E-state index contributed by atoms with van der Waals surface area (Å²) < 4.78 is 44.1. The molecule has 134 valence electrons. The molecule has 1 amide bonds. The molecule has 0 unspecified atom stereocenters. The first-order valence-corrected chi connectivity index (χ1v) is 8.02. The van der Waals surface area contributed by atoms with Gasteiger partial charge in [0.1, 0.15) is 5.60 Å². The smallest absolute Gasteiger partial charge is 0.416 e. The SMILES string of the molecule is CC(C)(C)OC(=O)Nc1cc(C(F)(F)F)ccc1N1CCCCC1. The number of rotatable bonds is 2. The van der Waals surface area contributed by atoms with Gasteiger partial charge in [0, 0.05) is 13.1 Å². The van der Waals surface area contributed by atoms with E-state index < -0.39 is 23.4 Å². The number of nitrogens with one attached hydrogen (secondary N) is 1. The van der Waals surface area contributed by atoms with Crippen molar-refractivity contribution < 1.29 is 22.7 Å². The maximum absolute atomic E-state index is 13.0. The highest BCUT2D eigenvalue weighted by molar-refractivity contribution is 5.90. The monoisotopic (exact) mass is 344 g/mol. The molecule has 1 aromatic carbocycles. The Hall–Kier alpha value is -1.92. The summed E-state index contributed by atoms with van der Waals surface area (Å²) in [7, 11) is 0. The molecule has 7 heteroatoms. The lowest BCUT2D eigenvalue weighted by molar-refractivity contribution is -0.137. The highest BCUT2D eigenvalue weighted by atomic mass is 19.4. The number of hydrogen-bond donors (Lipinski definition) is 1. The molecule has 1 fully saturated rings. The van der Waals surface area contributed by atoms with E-state index >= 15 is 0 Å². The summed E-state index contributed by atoms with van der Waals surface area (Å²) in [6.07, 6.45) is -2.17. The van der Waals surface area contributed by atoms with E-state index in [1.54, 1.807) is 20.8 Å². The van der Waals surface area contributed by atoms with Crippen LogP contribution in [0.5, 0.6) is 0 Å². The molecular formula is C17H23F3N2O2. The molecule has 2 rings (SSSR count). The molecule has 4 nitrogen and oxygen atoms in total. The molecule has 0 atom stereocenters. The van der Waals surface area contributed by atoms with E-state index in [2.05, 4.69) is 5.32 Å². The molecule has 0 aromatic heterocycles. The van der Waals surface area contributed by atoms with Crippen molar-refractivity contribution in [3.63, 3.8) is 0 Å². The van der Waals surface area contributed by atoms with Crippen LogP contribution in [0.3, 0.4) is 0 Å². The van der Waals surface area contributed by atoms with Gasteiger partial charge in [0.05, 0.1) is 16.9 Å². The van der Waals surface area contributed by atoms with Crippen molar-refractivity contribution in [1.82, 2.24) is 0 Å². The molecule has 24 heavy (non-hydrogen) atoms. The van der Waals surface area contributed by atoms with Crippen LogP contribution < -0.4 is 10.2 Å². The molecule has 0 saturated carbocycles. The second kappa shape index (κ2) is 6.91. The molecule has 1 saturated heterocycles. The molecular weight excluding hydrogens is 321 g/mol. The summed E-state index contributed by atoms with van der Waals surface area (Å²) in [5.74, 6) is 0. The van der Waals surface area contributed by atoms with Gasteiger partial charge < -0.3 is 9.64 Å². The minimum Gasteiger partial charge on any atom is -0.444 e. The van der Waals surface area contributed by atoms with Crippen molar-refractivity contribution in [2.24, 2.45) is 0 Å². The number of hydrogen-bond acceptors (Lipinski definition) is 3. The van der Waals surface area contributed by atoms with E-state index in [-0.39, 0.29) is 5.69 Å². The van der Waals surface area contributed by atoms with Crippen LogP contribution in [0.2, 0.25) is 0 Å². The molecule has 1 N–H and O–H groups in total. The largest absolute Gasteiger partial charge is 0.444 e. The maximum Gasteiger partial charge on any atom is 0.416 e. The van der Waals surface area contributed by atoms with Crippen molar-refractivity contribution in [2.75, 3.05) is 23.3 Å². The number of carbonyl (C=O) groups excluding carboxylic acids is 1. The number of alkyl halides is 3. The van der Waals surface area contributed by atoms with Crippen molar-refractivity contribution >= 4 is 17.5 Å².